The summed E-state index contributed by atoms with van der Waals surface area (Å²) in [5, 5.41) is 2.93. The lowest BCUT2D eigenvalue weighted by atomic mass is 9.97. The molecule has 7 heteroatoms. The number of sulfonamides is 1. The largest absolute Gasteiger partial charge is 0.326 e. The van der Waals surface area contributed by atoms with Crippen LogP contribution in [0.3, 0.4) is 0 Å². The zero-order valence-electron chi connectivity index (χ0n) is 15.2. The van der Waals surface area contributed by atoms with Crippen molar-refractivity contribution < 1.29 is 13.2 Å². The van der Waals surface area contributed by atoms with Gasteiger partial charge in [-0.2, -0.15) is 0 Å². The highest BCUT2D eigenvalue weighted by molar-refractivity contribution is 14.1. The standard InChI is InChI=1S/C20H23IN2O3S/c1-15-3-2-4-16(13-15)14-27(25,26)23-11-9-17(10-12-23)20(24)22-19-7-5-18(21)6-8-19/h2-8,13,17H,9-12,14H2,1H3,(H,22,24). The lowest BCUT2D eigenvalue weighted by Crippen LogP contribution is -2.41. The first-order chi connectivity index (χ1) is 12.8. The van der Waals surface area contributed by atoms with Gasteiger partial charge in [-0.1, -0.05) is 29.8 Å². The van der Waals surface area contributed by atoms with E-state index in [4.69, 9.17) is 0 Å². The highest BCUT2D eigenvalue weighted by Crippen LogP contribution is 2.23. The number of anilines is 1. The third-order valence-corrected chi connectivity index (χ3v) is 7.33. The van der Waals surface area contributed by atoms with Crippen molar-refractivity contribution in [1.29, 1.82) is 0 Å². The van der Waals surface area contributed by atoms with Gasteiger partial charge in [-0.05, 0) is 72.2 Å². The number of hydrogen-bond donors (Lipinski definition) is 1. The van der Waals surface area contributed by atoms with Gasteiger partial charge in [0.25, 0.3) is 0 Å². The van der Waals surface area contributed by atoms with Crippen molar-refractivity contribution in [2.45, 2.75) is 25.5 Å². The van der Waals surface area contributed by atoms with E-state index in [-0.39, 0.29) is 17.6 Å². The summed E-state index contributed by atoms with van der Waals surface area (Å²) in [4.78, 5) is 12.5. The highest BCUT2D eigenvalue weighted by Gasteiger charge is 2.31. The molecule has 1 N–H and O–H groups in total. The van der Waals surface area contributed by atoms with E-state index >= 15 is 0 Å². The third kappa shape index (κ3) is 5.52. The minimum absolute atomic E-state index is 0.00813. The van der Waals surface area contributed by atoms with Gasteiger partial charge in [-0.3, -0.25) is 4.79 Å². The second-order valence-corrected chi connectivity index (χ2v) is 10.1. The van der Waals surface area contributed by atoms with E-state index in [1.165, 1.54) is 4.31 Å². The first-order valence-electron chi connectivity index (χ1n) is 8.93. The number of hydrogen-bond acceptors (Lipinski definition) is 3. The molecule has 0 atom stereocenters. The molecule has 2 aromatic rings. The van der Waals surface area contributed by atoms with Gasteiger partial charge in [-0.15, -0.1) is 0 Å². The maximum atomic E-state index is 12.7. The van der Waals surface area contributed by atoms with Crippen LogP contribution in [-0.2, 0) is 20.6 Å². The Morgan fingerprint density at radius 1 is 1.15 bits per heavy atom. The van der Waals surface area contributed by atoms with E-state index in [2.05, 4.69) is 27.9 Å². The Bertz CT molecular complexity index is 905. The molecule has 3 rings (SSSR count). The zero-order valence-corrected chi connectivity index (χ0v) is 18.2. The second kappa shape index (κ2) is 8.70. The molecule has 1 aliphatic heterocycles. The van der Waals surface area contributed by atoms with Gasteiger partial charge in [0, 0.05) is 28.3 Å². The average molecular weight is 498 g/mol. The number of carbonyl (C=O) groups excluding carboxylic acids is 1. The molecular formula is C20H23IN2O3S. The lowest BCUT2D eigenvalue weighted by molar-refractivity contribution is -0.120. The Morgan fingerprint density at radius 3 is 2.44 bits per heavy atom. The molecule has 144 valence electrons. The topological polar surface area (TPSA) is 66.5 Å². The number of piperidine rings is 1. The lowest BCUT2D eigenvalue weighted by Gasteiger charge is -2.30. The van der Waals surface area contributed by atoms with E-state index < -0.39 is 10.0 Å². The van der Waals surface area contributed by atoms with E-state index in [0.717, 1.165) is 20.4 Å². The molecule has 5 nitrogen and oxygen atoms in total. The van der Waals surface area contributed by atoms with Crippen molar-refractivity contribution >= 4 is 44.2 Å². The zero-order chi connectivity index (χ0) is 19.4. The molecule has 0 saturated carbocycles. The summed E-state index contributed by atoms with van der Waals surface area (Å²) >= 11 is 2.22. The molecule has 1 fully saturated rings. The fourth-order valence-corrected chi connectivity index (χ4v) is 5.19. The van der Waals surface area contributed by atoms with Gasteiger partial charge in [-0.25, -0.2) is 12.7 Å². The fraction of sp³-hybridized carbons (Fsp3) is 0.350. The van der Waals surface area contributed by atoms with Crippen LogP contribution in [0.1, 0.15) is 24.0 Å². The molecule has 0 bridgehead atoms. The number of halogens is 1. The Labute approximate surface area is 174 Å². The van der Waals surface area contributed by atoms with Gasteiger partial charge in [0.1, 0.15) is 0 Å². The van der Waals surface area contributed by atoms with Crippen LogP contribution in [0, 0.1) is 16.4 Å². The fourth-order valence-electron chi connectivity index (χ4n) is 3.28. The van der Waals surface area contributed by atoms with Crippen LogP contribution in [0.25, 0.3) is 0 Å². The quantitative estimate of drug-likeness (QED) is 0.639. The summed E-state index contributed by atoms with van der Waals surface area (Å²) in [6, 6.07) is 15.2. The number of nitrogens with zero attached hydrogens (tertiary/aromatic N) is 1. The monoisotopic (exact) mass is 498 g/mol. The number of rotatable bonds is 5. The van der Waals surface area contributed by atoms with Crippen molar-refractivity contribution in [1.82, 2.24) is 4.31 Å². The molecule has 0 spiro atoms. The van der Waals surface area contributed by atoms with Crippen LogP contribution in [0.5, 0.6) is 0 Å². The van der Waals surface area contributed by atoms with Crippen LogP contribution in [0.15, 0.2) is 48.5 Å². The van der Waals surface area contributed by atoms with E-state index in [1.807, 2.05) is 55.5 Å². The number of benzene rings is 2. The van der Waals surface area contributed by atoms with E-state index in [9.17, 15) is 13.2 Å². The van der Waals surface area contributed by atoms with Crippen LogP contribution >= 0.6 is 22.6 Å². The summed E-state index contributed by atoms with van der Waals surface area (Å²) in [5.41, 5.74) is 2.62. The van der Waals surface area contributed by atoms with Crippen LogP contribution in [0.4, 0.5) is 5.69 Å². The van der Waals surface area contributed by atoms with Crippen molar-refractivity contribution in [3.8, 4) is 0 Å². The van der Waals surface area contributed by atoms with Crippen molar-refractivity contribution in [3.05, 3.63) is 63.2 Å². The molecule has 0 radical (unpaired) electrons. The molecule has 0 aromatic heterocycles. The predicted molar refractivity (Wildman–Crippen MR) is 116 cm³/mol. The molecule has 1 amide bonds. The molecule has 0 unspecified atom stereocenters. The predicted octanol–water partition coefficient (Wildman–Crippen LogP) is 3.78. The average Bonchev–Trinajstić information content (AvgIpc) is 2.63. The van der Waals surface area contributed by atoms with Crippen molar-refractivity contribution in [2.24, 2.45) is 5.92 Å². The highest BCUT2D eigenvalue weighted by atomic mass is 127. The Kier molecular flexibility index (Phi) is 6.54. The summed E-state index contributed by atoms with van der Waals surface area (Å²) in [5.74, 6) is -0.185. The molecule has 1 heterocycles. The van der Waals surface area contributed by atoms with Gasteiger partial charge < -0.3 is 5.32 Å². The van der Waals surface area contributed by atoms with Crippen LogP contribution < -0.4 is 5.32 Å². The number of aryl methyl sites for hydroxylation is 1. The first-order valence-corrected chi connectivity index (χ1v) is 11.6. The molecule has 1 aliphatic rings. The van der Waals surface area contributed by atoms with Gasteiger partial charge >= 0.3 is 0 Å². The maximum absolute atomic E-state index is 12.7. The maximum Gasteiger partial charge on any atom is 0.227 e. The van der Waals surface area contributed by atoms with Crippen molar-refractivity contribution in [3.63, 3.8) is 0 Å². The van der Waals surface area contributed by atoms with E-state index in [1.54, 1.807) is 0 Å². The number of amides is 1. The summed E-state index contributed by atoms with van der Waals surface area (Å²) in [6.07, 6.45) is 1.09. The SMILES string of the molecule is Cc1cccc(CS(=O)(=O)N2CCC(C(=O)Nc3ccc(I)cc3)CC2)c1. The minimum atomic E-state index is -3.37. The van der Waals surface area contributed by atoms with Crippen molar-refractivity contribution in [2.75, 3.05) is 18.4 Å². The minimum Gasteiger partial charge on any atom is -0.326 e. The normalized spacial score (nSPS) is 16.2. The van der Waals surface area contributed by atoms with Gasteiger partial charge in [0.2, 0.25) is 15.9 Å². The molecule has 27 heavy (non-hydrogen) atoms. The summed E-state index contributed by atoms with van der Waals surface area (Å²) in [7, 11) is -3.37. The first kappa shape index (κ1) is 20.3. The molecule has 0 aliphatic carbocycles. The Morgan fingerprint density at radius 2 is 1.81 bits per heavy atom. The molecule has 2 aromatic carbocycles. The van der Waals surface area contributed by atoms with Gasteiger partial charge in [0.05, 0.1) is 5.75 Å². The summed E-state index contributed by atoms with van der Waals surface area (Å²) in [6.45, 7) is 2.73. The number of carbonyl (C=O) groups is 1. The van der Waals surface area contributed by atoms with Crippen LogP contribution in [-0.4, -0.2) is 31.7 Å². The smallest absolute Gasteiger partial charge is 0.227 e. The molecule has 1 saturated heterocycles. The Hall–Kier alpha value is -1.45. The van der Waals surface area contributed by atoms with E-state index in [0.29, 0.717) is 25.9 Å². The second-order valence-electron chi connectivity index (χ2n) is 6.91. The Balaban J connectivity index is 1.56. The third-order valence-electron chi connectivity index (χ3n) is 4.76. The van der Waals surface area contributed by atoms with Gasteiger partial charge in [0.15, 0.2) is 0 Å². The van der Waals surface area contributed by atoms with Crippen LogP contribution in [0.2, 0.25) is 0 Å². The number of nitrogens with one attached hydrogen (secondary N) is 1. The summed E-state index contributed by atoms with van der Waals surface area (Å²) < 4.78 is 28.0. The molecular weight excluding hydrogens is 475 g/mol.